The summed E-state index contributed by atoms with van der Waals surface area (Å²) in [6.45, 7) is 3.66. The Balaban J connectivity index is 2.45. The maximum atomic E-state index is 11.7. The minimum atomic E-state index is -0.525. The van der Waals surface area contributed by atoms with Crippen molar-refractivity contribution in [3.05, 3.63) is 29.8 Å². The van der Waals surface area contributed by atoms with Crippen LogP contribution in [0.15, 0.2) is 18.6 Å². The Morgan fingerprint density at radius 1 is 1.37 bits per heavy atom. The van der Waals surface area contributed by atoms with Crippen molar-refractivity contribution in [3.8, 4) is 11.5 Å². The van der Waals surface area contributed by atoms with Crippen LogP contribution in [0.5, 0.6) is 0 Å². The van der Waals surface area contributed by atoms with Crippen LogP contribution in [0.4, 0.5) is 5.82 Å². The first-order valence-electron chi connectivity index (χ1n) is 5.71. The molecule has 19 heavy (non-hydrogen) atoms. The molecule has 7 nitrogen and oxygen atoms in total. The van der Waals surface area contributed by atoms with Gasteiger partial charge < -0.3 is 10.5 Å². The Hall–Kier alpha value is -2.57. The third kappa shape index (κ3) is 2.65. The lowest BCUT2D eigenvalue weighted by Gasteiger charge is -2.09. The molecule has 2 aromatic heterocycles. The van der Waals surface area contributed by atoms with Crippen LogP contribution < -0.4 is 5.73 Å². The second-order valence-electron chi connectivity index (χ2n) is 3.70. The summed E-state index contributed by atoms with van der Waals surface area (Å²) in [6.07, 6.45) is 4.61. The minimum absolute atomic E-state index is 0.0756. The summed E-state index contributed by atoms with van der Waals surface area (Å²) in [5.41, 5.74) is 6.92. The average molecular weight is 259 g/mol. The lowest BCUT2D eigenvalue weighted by Crippen LogP contribution is -2.13. The van der Waals surface area contributed by atoms with E-state index >= 15 is 0 Å². The molecule has 0 radical (unpaired) electrons. The van der Waals surface area contributed by atoms with E-state index in [1.165, 1.54) is 12.4 Å². The number of rotatable bonds is 3. The fourth-order valence-corrected chi connectivity index (χ4v) is 1.58. The van der Waals surface area contributed by atoms with Crippen LogP contribution in [0, 0.1) is 6.92 Å². The number of nitrogens with zero attached hydrogens (tertiary/aromatic N) is 4. The molecule has 0 spiro atoms. The highest BCUT2D eigenvalue weighted by atomic mass is 16.5. The van der Waals surface area contributed by atoms with Crippen LogP contribution in [0.2, 0.25) is 0 Å². The van der Waals surface area contributed by atoms with Gasteiger partial charge in [-0.1, -0.05) is 0 Å². The highest BCUT2D eigenvalue weighted by molar-refractivity contribution is 5.95. The van der Waals surface area contributed by atoms with Gasteiger partial charge in [-0.05, 0) is 13.8 Å². The van der Waals surface area contributed by atoms with E-state index in [-0.39, 0.29) is 18.0 Å². The highest BCUT2D eigenvalue weighted by Gasteiger charge is 2.18. The molecule has 0 amide bonds. The molecule has 0 saturated carbocycles. The molecule has 0 atom stereocenters. The van der Waals surface area contributed by atoms with Crippen LogP contribution in [0.1, 0.15) is 23.0 Å². The van der Waals surface area contributed by atoms with E-state index in [0.29, 0.717) is 17.2 Å². The molecule has 0 aliphatic carbocycles. The Kier molecular flexibility index (Phi) is 3.65. The first-order chi connectivity index (χ1) is 9.13. The molecule has 2 rings (SSSR count). The molecule has 0 unspecified atom stereocenters. The molecule has 0 aromatic carbocycles. The van der Waals surface area contributed by atoms with E-state index in [0.717, 1.165) is 0 Å². The highest BCUT2D eigenvalue weighted by Crippen LogP contribution is 2.19. The number of nitrogens with two attached hydrogens (primary N) is 1. The van der Waals surface area contributed by atoms with Crippen molar-refractivity contribution in [1.82, 2.24) is 19.9 Å². The number of esters is 1. The summed E-state index contributed by atoms with van der Waals surface area (Å²) < 4.78 is 4.91. The third-order valence-electron chi connectivity index (χ3n) is 2.39. The summed E-state index contributed by atoms with van der Waals surface area (Å²) in [5.74, 6) is -0.119. The van der Waals surface area contributed by atoms with Gasteiger partial charge in [0.1, 0.15) is 17.1 Å². The van der Waals surface area contributed by atoms with E-state index in [2.05, 4.69) is 19.9 Å². The molecule has 2 N–H and O–H groups in total. The molecule has 0 aliphatic rings. The van der Waals surface area contributed by atoms with E-state index in [1.807, 2.05) is 0 Å². The van der Waals surface area contributed by atoms with Crippen molar-refractivity contribution >= 4 is 11.8 Å². The Morgan fingerprint density at radius 2 is 2.16 bits per heavy atom. The topological polar surface area (TPSA) is 104 Å². The zero-order valence-electron chi connectivity index (χ0n) is 10.6. The summed E-state index contributed by atoms with van der Waals surface area (Å²) in [7, 11) is 0. The van der Waals surface area contributed by atoms with Crippen molar-refractivity contribution in [1.29, 1.82) is 0 Å². The average Bonchev–Trinajstić information content (AvgIpc) is 2.39. The van der Waals surface area contributed by atoms with E-state index in [4.69, 9.17) is 10.5 Å². The van der Waals surface area contributed by atoms with Crippen molar-refractivity contribution < 1.29 is 9.53 Å². The number of aromatic nitrogens is 4. The quantitative estimate of drug-likeness (QED) is 0.820. The van der Waals surface area contributed by atoms with Crippen molar-refractivity contribution in [2.75, 3.05) is 12.3 Å². The zero-order chi connectivity index (χ0) is 13.8. The van der Waals surface area contributed by atoms with Crippen LogP contribution in [0.3, 0.4) is 0 Å². The van der Waals surface area contributed by atoms with Gasteiger partial charge in [-0.3, -0.25) is 4.98 Å². The monoisotopic (exact) mass is 259 g/mol. The van der Waals surface area contributed by atoms with E-state index < -0.39 is 5.97 Å². The lowest BCUT2D eigenvalue weighted by atomic mass is 10.2. The van der Waals surface area contributed by atoms with Gasteiger partial charge in [-0.15, -0.1) is 0 Å². The van der Waals surface area contributed by atoms with Gasteiger partial charge in [-0.25, -0.2) is 19.7 Å². The number of carbonyl (C=O) groups is 1. The van der Waals surface area contributed by atoms with Gasteiger partial charge in [0.2, 0.25) is 0 Å². The zero-order valence-corrected chi connectivity index (χ0v) is 10.6. The molecular weight excluding hydrogens is 246 g/mol. The van der Waals surface area contributed by atoms with Gasteiger partial charge in [-0.2, -0.15) is 0 Å². The van der Waals surface area contributed by atoms with Crippen LogP contribution in [0.25, 0.3) is 11.5 Å². The fraction of sp³-hybridized carbons (Fsp3) is 0.250. The molecule has 2 heterocycles. The number of anilines is 1. The second kappa shape index (κ2) is 5.38. The molecule has 0 fully saturated rings. The fourth-order valence-electron chi connectivity index (χ4n) is 1.58. The van der Waals surface area contributed by atoms with Crippen LogP contribution in [-0.4, -0.2) is 32.5 Å². The van der Waals surface area contributed by atoms with Gasteiger partial charge in [0.15, 0.2) is 5.82 Å². The third-order valence-corrected chi connectivity index (χ3v) is 2.39. The van der Waals surface area contributed by atoms with E-state index in [9.17, 15) is 4.79 Å². The number of hydrogen-bond donors (Lipinski definition) is 1. The van der Waals surface area contributed by atoms with Gasteiger partial charge >= 0.3 is 5.97 Å². The predicted octanol–water partition coefficient (Wildman–Crippen LogP) is 1.00. The number of aryl methyl sites for hydroxylation is 1. The smallest absolute Gasteiger partial charge is 0.343 e. The number of nitrogen functional groups attached to an aromatic ring is 1. The van der Waals surface area contributed by atoms with Gasteiger partial charge in [0.25, 0.3) is 0 Å². The van der Waals surface area contributed by atoms with Gasteiger partial charge in [0, 0.05) is 12.4 Å². The maximum absolute atomic E-state index is 11.7. The number of carbonyl (C=O) groups excluding carboxylic acids is 1. The maximum Gasteiger partial charge on any atom is 0.343 e. The lowest BCUT2D eigenvalue weighted by molar-refractivity contribution is 0.0526. The molecule has 0 saturated heterocycles. The molecule has 0 bridgehead atoms. The summed E-state index contributed by atoms with van der Waals surface area (Å²) in [6, 6.07) is 0. The SMILES string of the molecule is CCOC(=O)c1c(C)nc(-c2cnccn2)nc1N. The number of ether oxygens (including phenoxy) is 1. The first-order valence-corrected chi connectivity index (χ1v) is 5.71. The molecule has 2 aromatic rings. The van der Waals surface area contributed by atoms with Crippen LogP contribution >= 0.6 is 0 Å². The predicted molar refractivity (Wildman–Crippen MR) is 68.2 cm³/mol. The summed E-state index contributed by atoms with van der Waals surface area (Å²) in [5, 5.41) is 0. The standard InChI is InChI=1S/C12H13N5O2/c1-3-19-12(18)9-7(2)16-11(17-10(9)13)8-6-14-4-5-15-8/h4-6H,3H2,1-2H3,(H2,13,16,17). The normalized spacial score (nSPS) is 10.2. The Labute approximate surface area is 109 Å². The summed E-state index contributed by atoms with van der Waals surface area (Å²) in [4.78, 5) is 28.0. The second-order valence-corrected chi connectivity index (χ2v) is 3.70. The Morgan fingerprint density at radius 3 is 2.74 bits per heavy atom. The Bertz CT molecular complexity index is 577. The van der Waals surface area contributed by atoms with Crippen molar-refractivity contribution in [3.63, 3.8) is 0 Å². The molecular formula is C12H13N5O2. The van der Waals surface area contributed by atoms with Gasteiger partial charge in [0.05, 0.1) is 18.5 Å². The number of hydrogen-bond acceptors (Lipinski definition) is 7. The van der Waals surface area contributed by atoms with Crippen molar-refractivity contribution in [2.45, 2.75) is 13.8 Å². The van der Waals surface area contributed by atoms with Crippen LogP contribution in [-0.2, 0) is 4.74 Å². The minimum Gasteiger partial charge on any atom is -0.462 e. The first kappa shape index (κ1) is 12.9. The largest absolute Gasteiger partial charge is 0.462 e. The van der Waals surface area contributed by atoms with E-state index in [1.54, 1.807) is 20.0 Å². The van der Waals surface area contributed by atoms with Crippen molar-refractivity contribution in [2.24, 2.45) is 0 Å². The molecule has 98 valence electrons. The summed E-state index contributed by atoms with van der Waals surface area (Å²) >= 11 is 0. The molecule has 0 aliphatic heterocycles. The molecule has 7 heteroatoms.